The van der Waals surface area contributed by atoms with Crippen molar-refractivity contribution in [3.05, 3.63) is 65.2 Å². The Morgan fingerprint density at radius 1 is 0.923 bits per heavy atom. The zero-order valence-corrected chi connectivity index (χ0v) is 15.6. The number of hydrogen-bond acceptors (Lipinski definition) is 4. The van der Waals surface area contributed by atoms with E-state index in [-0.39, 0.29) is 11.8 Å². The number of anilines is 1. The van der Waals surface area contributed by atoms with E-state index in [0.29, 0.717) is 23.4 Å². The molecule has 7 nitrogen and oxygen atoms in total. The van der Waals surface area contributed by atoms with Crippen LogP contribution in [0.1, 0.15) is 26.3 Å². The van der Waals surface area contributed by atoms with Crippen LogP contribution in [-0.2, 0) is 16.6 Å². The Morgan fingerprint density at radius 3 is 1.96 bits per heavy atom. The second-order valence-electron chi connectivity index (χ2n) is 6.03. The van der Waals surface area contributed by atoms with Crippen LogP contribution in [0.2, 0.25) is 0 Å². The third-order valence-electron chi connectivity index (χ3n) is 3.51. The molecule has 8 heteroatoms. The summed E-state index contributed by atoms with van der Waals surface area (Å²) in [5.74, 6) is -0.354. The number of carbonyl (C=O) groups excluding carboxylic acids is 2. The molecule has 0 saturated heterocycles. The molecule has 0 saturated carbocycles. The fourth-order valence-corrected chi connectivity index (χ4v) is 2.78. The normalized spacial score (nSPS) is 10.9. The number of hydrogen-bond donors (Lipinski definition) is 2. The lowest BCUT2D eigenvalue weighted by molar-refractivity contribution is 0.0827. The molecule has 2 rings (SSSR count). The Hall–Kier alpha value is -2.87. The Bertz CT molecular complexity index is 889. The molecule has 0 aliphatic heterocycles. The van der Waals surface area contributed by atoms with Gasteiger partial charge < -0.3 is 10.2 Å². The molecule has 0 unspecified atom stereocenters. The SMILES string of the molecule is CN(C)C(=O)c1ccc(CNC(=O)c2ccc(NS(C)(=O)=O)cc2)cc1. The first-order chi connectivity index (χ1) is 12.2. The van der Waals surface area contributed by atoms with Gasteiger partial charge in [0.25, 0.3) is 11.8 Å². The lowest BCUT2D eigenvalue weighted by Gasteiger charge is -2.11. The molecule has 2 aromatic carbocycles. The largest absolute Gasteiger partial charge is 0.348 e. The van der Waals surface area contributed by atoms with Gasteiger partial charge in [-0.2, -0.15) is 0 Å². The minimum Gasteiger partial charge on any atom is -0.348 e. The van der Waals surface area contributed by atoms with Gasteiger partial charge in [0.2, 0.25) is 10.0 Å². The lowest BCUT2D eigenvalue weighted by Crippen LogP contribution is -2.23. The first kappa shape index (κ1) is 19.5. The van der Waals surface area contributed by atoms with E-state index >= 15 is 0 Å². The highest BCUT2D eigenvalue weighted by Gasteiger charge is 2.09. The van der Waals surface area contributed by atoms with Gasteiger partial charge in [0, 0.05) is 37.5 Å². The minimum absolute atomic E-state index is 0.0802. The molecule has 0 radical (unpaired) electrons. The van der Waals surface area contributed by atoms with E-state index in [1.807, 2.05) is 0 Å². The number of nitrogens with one attached hydrogen (secondary N) is 2. The van der Waals surface area contributed by atoms with Crippen molar-refractivity contribution in [2.45, 2.75) is 6.54 Å². The maximum atomic E-state index is 12.2. The monoisotopic (exact) mass is 375 g/mol. The molecule has 2 aromatic rings. The topological polar surface area (TPSA) is 95.6 Å². The number of carbonyl (C=O) groups is 2. The Kier molecular flexibility index (Phi) is 5.99. The first-order valence-corrected chi connectivity index (χ1v) is 9.71. The molecule has 0 fully saturated rings. The summed E-state index contributed by atoms with van der Waals surface area (Å²) < 4.78 is 24.7. The number of amides is 2. The van der Waals surface area contributed by atoms with E-state index in [4.69, 9.17) is 0 Å². The van der Waals surface area contributed by atoms with Crippen LogP contribution in [0.15, 0.2) is 48.5 Å². The maximum Gasteiger partial charge on any atom is 0.253 e. The molecule has 0 heterocycles. The van der Waals surface area contributed by atoms with Crippen LogP contribution in [0.25, 0.3) is 0 Å². The van der Waals surface area contributed by atoms with E-state index in [9.17, 15) is 18.0 Å². The van der Waals surface area contributed by atoms with E-state index in [0.717, 1.165) is 11.8 Å². The summed E-state index contributed by atoms with van der Waals surface area (Å²) in [7, 11) is 0.0261. The second kappa shape index (κ2) is 8.01. The molecule has 26 heavy (non-hydrogen) atoms. The third kappa shape index (κ3) is 5.59. The summed E-state index contributed by atoms with van der Waals surface area (Å²) in [6.07, 6.45) is 1.06. The molecular formula is C18H21N3O4S. The van der Waals surface area contributed by atoms with Gasteiger partial charge in [-0.05, 0) is 42.0 Å². The Morgan fingerprint density at radius 2 is 1.46 bits per heavy atom. The standard InChI is InChI=1S/C18H21N3O4S/c1-21(2)18(23)15-6-4-13(5-7-15)12-19-17(22)14-8-10-16(11-9-14)20-26(3,24)25/h4-11,20H,12H2,1-3H3,(H,19,22). The number of nitrogens with zero attached hydrogens (tertiary/aromatic N) is 1. The van der Waals surface area contributed by atoms with E-state index in [1.54, 1.807) is 50.5 Å². The van der Waals surface area contributed by atoms with Crippen molar-refractivity contribution in [3.63, 3.8) is 0 Å². The van der Waals surface area contributed by atoms with Crippen LogP contribution in [0.5, 0.6) is 0 Å². The quantitative estimate of drug-likeness (QED) is 0.803. The number of benzene rings is 2. The van der Waals surface area contributed by atoms with E-state index < -0.39 is 10.0 Å². The summed E-state index contributed by atoms with van der Waals surface area (Å²) in [4.78, 5) is 25.5. The molecule has 0 spiro atoms. The van der Waals surface area contributed by atoms with Crippen molar-refractivity contribution in [2.75, 3.05) is 25.1 Å². The van der Waals surface area contributed by atoms with Gasteiger partial charge in [0.1, 0.15) is 0 Å². The molecule has 0 aliphatic rings. The molecule has 0 bridgehead atoms. The predicted octanol–water partition coefficient (Wildman–Crippen LogP) is 1.69. The van der Waals surface area contributed by atoms with Crippen LogP contribution in [0, 0.1) is 0 Å². The average Bonchev–Trinajstić information content (AvgIpc) is 2.58. The fourth-order valence-electron chi connectivity index (χ4n) is 2.21. The van der Waals surface area contributed by atoms with Gasteiger partial charge >= 0.3 is 0 Å². The average molecular weight is 375 g/mol. The summed E-state index contributed by atoms with van der Waals surface area (Å²) in [5, 5.41) is 2.78. The van der Waals surface area contributed by atoms with Gasteiger partial charge in [0.15, 0.2) is 0 Å². The van der Waals surface area contributed by atoms with Crippen LogP contribution in [0.3, 0.4) is 0 Å². The van der Waals surface area contributed by atoms with Crippen molar-refractivity contribution in [1.29, 1.82) is 0 Å². The van der Waals surface area contributed by atoms with Gasteiger partial charge in [-0.25, -0.2) is 8.42 Å². The third-order valence-corrected chi connectivity index (χ3v) is 4.12. The van der Waals surface area contributed by atoms with Crippen LogP contribution in [-0.4, -0.2) is 45.5 Å². The highest BCUT2D eigenvalue weighted by Crippen LogP contribution is 2.11. The number of rotatable bonds is 6. The molecule has 2 N–H and O–H groups in total. The minimum atomic E-state index is -3.35. The zero-order chi connectivity index (χ0) is 19.3. The van der Waals surface area contributed by atoms with Gasteiger partial charge in [-0.1, -0.05) is 12.1 Å². The van der Waals surface area contributed by atoms with E-state index in [1.165, 1.54) is 17.0 Å². The molecule has 0 aromatic heterocycles. The van der Waals surface area contributed by atoms with Gasteiger partial charge in [-0.3, -0.25) is 14.3 Å². The van der Waals surface area contributed by atoms with Crippen molar-refractivity contribution in [1.82, 2.24) is 10.2 Å². The predicted molar refractivity (Wildman–Crippen MR) is 101 cm³/mol. The smallest absolute Gasteiger partial charge is 0.253 e. The summed E-state index contributed by atoms with van der Waals surface area (Å²) in [6.45, 7) is 0.318. The van der Waals surface area contributed by atoms with Crippen molar-refractivity contribution >= 4 is 27.5 Å². The maximum absolute atomic E-state index is 12.2. The molecule has 0 aliphatic carbocycles. The molecular weight excluding hydrogens is 354 g/mol. The second-order valence-corrected chi connectivity index (χ2v) is 7.78. The highest BCUT2D eigenvalue weighted by molar-refractivity contribution is 7.92. The first-order valence-electron chi connectivity index (χ1n) is 7.82. The molecule has 0 atom stereocenters. The molecule has 2 amide bonds. The molecule has 138 valence electrons. The van der Waals surface area contributed by atoms with Crippen LogP contribution < -0.4 is 10.0 Å². The van der Waals surface area contributed by atoms with Crippen LogP contribution in [0.4, 0.5) is 5.69 Å². The zero-order valence-electron chi connectivity index (χ0n) is 14.8. The lowest BCUT2D eigenvalue weighted by atomic mass is 10.1. The van der Waals surface area contributed by atoms with Crippen molar-refractivity contribution in [2.24, 2.45) is 0 Å². The number of sulfonamides is 1. The van der Waals surface area contributed by atoms with E-state index in [2.05, 4.69) is 10.0 Å². The van der Waals surface area contributed by atoms with Crippen molar-refractivity contribution < 1.29 is 18.0 Å². The highest BCUT2D eigenvalue weighted by atomic mass is 32.2. The van der Waals surface area contributed by atoms with Gasteiger partial charge in [-0.15, -0.1) is 0 Å². The van der Waals surface area contributed by atoms with Crippen molar-refractivity contribution in [3.8, 4) is 0 Å². The Labute approximate surface area is 153 Å². The van der Waals surface area contributed by atoms with Gasteiger partial charge in [0.05, 0.1) is 6.26 Å². The summed E-state index contributed by atoms with van der Waals surface area (Å²) >= 11 is 0. The summed E-state index contributed by atoms with van der Waals surface area (Å²) in [6, 6.07) is 13.1. The summed E-state index contributed by atoms with van der Waals surface area (Å²) in [5.41, 5.74) is 2.26. The van der Waals surface area contributed by atoms with Crippen LogP contribution >= 0.6 is 0 Å². The Balaban J connectivity index is 1.95. The fraction of sp³-hybridized carbons (Fsp3) is 0.222.